The topological polar surface area (TPSA) is 29.9 Å². The van der Waals surface area contributed by atoms with E-state index in [1.807, 2.05) is 17.9 Å². The summed E-state index contributed by atoms with van der Waals surface area (Å²) in [5.74, 6) is 0. The zero-order valence-electron chi connectivity index (χ0n) is 10.6. The lowest BCUT2D eigenvalue weighted by Gasteiger charge is -2.23. The van der Waals surface area contributed by atoms with Gasteiger partial charge in [0.25, 0.3) is 0 Å². The molecule has 0 radical (unpaired) electrons. The average molecular weight is 361 g/mol. The Morgan fingerprint density at radius 1 is 1.63 bits per heavy atom. The van der Waals surface area contributed by atoms with Gasteiger partial charge in [-0.3, -0.25) is 4.68 Å². The van der Waals surface area contributed by atoms with Crippen molar-refractivity contribution >= 4 is 38.9 Å². The molecule has 0 saturated carbocycles. The molecule has 1 N–H and O–H groups in total. The lowest BCUT2D eigenvalue weighted by atomic mass is 9.93. The van der Waals surface area contributed by atoms with E-state index in [-0.39, 0.29) is 0 Å². The van der Waals surface area contributed by atoms with Gasteiger partial charge >= 0.3 is 0 Å². The van der Waals surface area contributed by atoms with E-state index in [9.17, 15) is 0 Å². The third-order valence-electron chi connectivity index (χ3n) is 3.59. The maximum atomic E-state index is 6.07. The molecular formula is C13H15BrClN3S. The second kappa shape index (κ2) is 5.56. The minimum Gasteiger partial charge on any atom is -0.305 e. The summed E-state index contributed by atoms with van der Waals surface area (Å²) < 4.78 is 3.81. The first-order valence-electron chi connectivity index (χ1n) is 6.33. The molecule has 3 rings (SSSR count). The van der Waals surface area contributed by atoms with Crippen molar-refractivity contribution in [3.05, 3.63) is 37.2 Å². The van der Waals surface area contributed by atoms with Gasteiger partial charge in [0.15, 0.2) is 0 Å². The van der Waals surface area contributed by atoms with Gasteiger partial charge in [0.2, 0.25) is 0 Å². The molecule has 0 saturated heterocycles. The van der Waals surface area contributed by atoms with Crippen LogP contribution in [-0.4, -0.2) is 9.78 Å². The molecule has 102 valence electrons. The van der Waals surface area contributed by atoms with Crippen LogP contribution in [-0.2, 0) is 20.0 Å². The van der Waals surface area contributed by atoms with Crippen molar-refractivity contribution in [3.63, 3.8) is 0 Å². The molecular weight excluding hydrogens is 346 g/mol. The number of thiophene rings is 1. The molecule has 0 aromatic carbocycles. The normalized spacial score (nSPS) is 18.6. The van der Waals surface area contributed by atoms with E-state index in [1.165, 1.54) is 29.0 Å². The molecule has 0 bridgehead atoms. The quantitative estimate of drug-likeness (QED) is 0.894. The Hall–Kier alpha value is -0.360. The fourth-order valence-electron chi connectivity index (χ4n) is 2.62. The highest BCUT2D eigenvalue weighted by atomic mass is 79.9. The predicted octanol–water partition coefficient (Wildman–Crippen LogP) is 4.06. The fourth-order valence-corrected chi connectivity index (χ4v) is 4.36. The maximum Gasteiger partial charge on any atom is 0.107 e. The van der Waals surface area contributed by atoms with Crippen LogP contribution >= 0.6 is 38.9 Å². The number of aromatic nitrogens is 2. The molecule has 1 aliphatic carbocycles. The summed E-state index contributed by atoms with van der Waals surface area (Å²) >= 11 is 11.1. The van der Waals surface area contributed by atoms with Crippen molar-refractivity contribution in [1.82, 2.24) is 15.1 Å². The standard InChI is InChI=1S/C13H15BrClN3S/c1-18-12-4-2-3-11(9(12)7-17-18)16-6-8-5-10(14)13(15)19-8/h5,7,11,16H,2-4,6H2,1H3. The van der Waals surface area contributed by atoms with Gasteiger partial charge in [-0.25, -0.2) is 0 Å². The summed E-state index contributed by atoms with van der Waals surface area (Å²) in [5.41, 5.74) is 2.73. The first-order chi connectivity index (χ1) is 9.15. The zero-order chi connectivity index (χ0) is 13.4. The molecule has 1 unspecified atom stereocenters. The van der Waals surface area contributed by atoms with Crippen molar-refractivity contribution in [3.8, 4) is 0 Å². The van der Waals surface area contributed by atoms with Gasteiger partial charge in [0, 0.05) is 40.2 Å². The minimum atomic E-state index is 0.414. The molecule has 0 fully saturated rings. The van der Waals surface area contributed by atoms with Crippen LogP contribution in [0.25, 0.3) is 0 Å². The van der Waals surface area contributed by atoms with Crippen molar-refractivity contribution in [2.24, 2.45) is 7.05 Å². The highest BCUT2D eigenvalue weighted by Crippen LogP contribution is 2.33. The lowest BCUT2D eigenvalue weighted by molar-refractivity contribution is 0.453. The van der Waals surface area contributed by atoms with Gasteiger partial charge in [-0.15, -0.1) is 11.3 Å². The largest absolute Gasteiger partial charge is 0.305 e. The number of rotatable bonds is 3. The third-order valence-corrected chi connectivity index (χ3v) is 6.07. The van der Waals surface area contributed by atoms with Crippen LogP contribution in [0.3, 0.4) is 0 Å². The Balaban J connectivity index is 1.71. The van der Waals surface area contributed by atoms with Gasteiger partial charge in [0.1, 0.15) is 4.34 Å². The van der Waals surface area contributed by atoms with E-state index in [2.05, 4.69) is 32.4 Å². The molecule has 2 aromatic heterocycles. The highest BCUT2D eigenvalue weighted by molar-refractivity contribution is 9.10. The van der Waals surface area contributed by atoms with Crippen molar-refractivity contribution in [2.45, 2.75) is 31.8 Å². The fraction of sp³-hybridized carbons (Fsp3) is 0.462. The van der Waals surface area contributed by atoms with Gasteiger partial charge in [-0.2, -0.15) is 5.10 Å². The maximum absolute atomic E-state index is 6.07. The first kappa shape index (κ1) is 13.6. The first-order valence-corrected chi connectivity index (χ1v) is 8.31. The third kappa shape index (κ3) is 2.75. The van der Waals surface area contributed by atoms with Crippen LogP contribution in [0.5, 0.6) is 0 Å². The van der Waals surface area contributed by atoms with E-state index in [1.54, 1.807) is 11.3 Å². The SMILES string of the molecule is Cn1ncc2c1CCCC2NCc1cc(Br)c(Cl)s1. The summed E-state index contributed by atoms with van der Waals surface area (Å²) in [4.78, 5) is 1.26. The van der Waals surface area contributed by atoms with Gasteiger partial charge in [0.05, 0.1) is 6.20 Å². The van der Waals surface area contributed by atoms with E-state index >= 15 is 0 Å². The number of halogens is 2. The van der Waals surface area contributed by atoms with Crippen LogP contribution in [0, 0.1) is 0 Å². The van der Waals surface area contributed by atoms with E-state index in [4.69, 9.17) is 11.6 Å². The van der Waals surface area contributed by atoms with Crippen LogP contribution in [0.2, 0.25) is 4.34 Å². The van der Waals surface area contributed by atoms with Gasteiger partial charge in [-0.1, -0.05) is 11.6 Å². The van der Waals surface area contributed by atoms with Crippen molar-refractivity contribution in [2.75, 3.05) is 0 Å². The van der Waals surface area contributed by atoms with E-state index < -0.39 is 0 Å². The minimum absolute atomic E-state index is 0.414. The Bertz CT molecular complexity index is 573. The number of hydrogen-bond acceptors (Lipinski definition) is 3. The van der Waals surface area contributed by atoms with Crippen molar-refractivity contribution < 1.29 is 0 Å². The summed E-state index contributed by atoms with van der Waals surface area (Å²) in [6.45, 7) is 0.856. The molecule has 19 heavy (non-hydrogen) atoms. The molecule has 0 amide bonds. The Labute approximate surface area is 130 Å². The molecule has 0 aliphatic heterocycles. The Kier molecular flexibility index (Phi) is 3.98. The molecule has 2 aromatic rings. The number of nitrogens with one attached hydrogen (secondary N) is 1. The average Bonchev–Trinajstić information content (AvgIpc) is 2.92. The molecule has 2 heterocycles. The number of nitrogens with zero attached hydrogens (tertiary/aromatic N) is 2. The van der Waals surface area contributed by atoms with Crippen LogP contribution in [0.4, 0.5) is 0 Å². The number of fused-ring (bicyclic) bond motifs is 1. The smallest absolute Gasteiger partial charge is 0.107 e. The lowest BCUT2D eigenvalue weighted by Crippen LogP contribution is -2.24. The number of aryl methyl sites for hydroxylation is 1. The summed E-state index contributed by atoms with van der Waals surface area (Å²) in [5, 5.41) is 8.00. The second-order valence-electron chi connectivity index (χ2n) is 4.83. The molecule has 1 atom stereocenters. The Morgan fingerprint density at radius 3 is 3.21 bits per heavy atom. The van der Waals surface area contributed by atoms with E-state index in [0.29, 0.717) is 6.04 Å². The van der Waals surface area contributed by atoms with E-state index in [0.717, 1.165) is 21.8 Å². The summed E-state index contributed by atoms with van der Waals surface area (Å²) in [6, 6.07) is 2.50. The van der Waals surface area contributed by atoms with Crippen LogP contribution in [0.15, 0.2) is 16.7 Å². The molecule has 0 spiro atoms. The van der Waals surface area contributed by atoms with Gasteiger partial charge < -0.3 is 5.32 Å². The highest BCUT2D eigenvalue weighted by Gasteiger charge is 2.23. The second-order valence-corrected chi connectivity index (χ2v) is 7.42. The molecule has 1 aliphatic rings. The van der Waals surface area contributed by atoms with Gasteiger partial charge in [-0.05, 0) is 41.3 Å². The van der Waals surface area contributed by atoms with Crippen LogP contribution in [0.1, 0.15) is 35.0 Å². The molecule has 6 heteroatoms. The summed E-state index contributed by atoms with van der Waals surface area (Å²) in [7, 11) is 2.03. The molecule has 3 nitrogen and oxygen atoms in total. The summed E-state index contributed by atoms with van der Waals surface area (Å²) in [6.07, 6.45) is 5.54. The predicted molar refractivity (Wildman–Crippen MR) is 82.8 cm³/mol. The van der Waals surface area contributed by atoms with Crippen molar-refractivity contribution in [1.29, 1.82) is 0 Å². The van der Waals surface area contributed by atoms with Crippen LogP contribution < -0.4 is 5.32 Å². The zero-order valence-corrected chi connectivity index (χ0v) is 13.8. The number of hydrogen-bond donors (Lipinski definition) is 1. The monoisotopic (exact) mass is 359 g/mol. The Morgan fingerprint density at radius 2 is 2.47 bits per heavy atom.